The molecule has 0 saturated heterocycles. The molecule has 0 N–H and O–H groups in total. The van der Waals surface area contributed by atoms with Crippen LogP contribution in [0.15, 0.2) is 0 Å². The van der Waals surface area contributed by atoms with E-state index in [1.165, 1.54) is 39.2 Å². The first-order valence-electron chi connectivity index (χ1n) is 5.87. The van der Waals surface area contributed by atoms with Crippen LogP contribution in [0.25, 0.3) is 0 Å². The highest BCUT2D eigenvalue weighted by atomic mass is 16.5. The van der Waals surface area contributed by atoms with Crippen molar-refractivity contribution >= 4 is 5.97 Å². The first kappa shape index (κ1) is 11.5. The number of hydrogen-bond acceptors (Lipinski definition) is 2. The van der Waals surface area contributed by atoms with Crippen molar-refractivity contribution in [2.75, 3.05) is 7.11 Å². The quantitative estimate of drug-likeness (QED) is 0.637. The van der Waals surface area contributed by atoms with E-state index >= 15 is 0 Å². The molecule has 1 saturated carbocycles. The maximum Gasteiger partial charge on any atom is 0.308 e. The van der Waals surface area contributed by atoms with Crippen LogP contribution < -0.4 is 0 Å². The number of esters is 1. The average Bonchev–Trinajstić information content (AvgIpc) is 2.17. The summed E-state index contributed by atoms with van der Waals surface area (Å²) in [6.07, 6.45) is 8.44. The molecule has 14 heavy (non-hydrogen) atoms. The van der Waals surface area contributed by atoms with Crippen LogP contribution in [0.1, 0.15) is 51.9 Å². The molecule has 0 aromatic heterocycles. The lowest BCUT2D eigenvalue weighted by Crippen LogP contribution is -2.25. The summed E-state index contributed by atoms with van der Waals surface area (Å²) in [7, 11) is 1.51. The molecule has 82 valence electrons. The third kappa shape index (κ3) is 3.00. The van der Waals surface area contributed by atoms with Crippen LogP contribution in [0, 0.1) is 11.8 Å². The molecule has 0 aliphatic heterocycles. The summed E-state index contributed by atoms with van der Waals surface area (Å²) in [5, 5.41) is 0. The number of hydrogen-bond donors (Lipinski definition) is 0. The van der Waals surface area contributed by atoms with Crippen molar-refractivity contribution in [3.05, 3.63) is 0 Å². The van der Waals surface area contributed by atoms with Gasteiger partial charge in [-0.2, -0.15) is 0 Å². The van der Waals surface area contributed by atoms with E-state index in [2.05, 4.69) is 6.92 Å². The molecule has 0 aromatic rings. The van der Waals surface area contributed by atoms with Gasteiger partial charge in [-0.3, -0.25) is 4.79 Å². The van der Waals surface area contributed by atoms with Crippen LogP contribution in [-0.4, -0.2) is 13.1 Å². The molecule has 0 bridgehead atoms. The number of methoxy groups -OCH3 is 1. The minimum Gasteiger partial charge on any atom is -0.469 e. The van der Waals surface area contributed by atoms with Crippen LogP contribution in [-0.2, 0) is 9.53 Å². The molecule has 2 atom stereocenters. The van der Waals surface area contributed by atoms with Gasteiger partial charge >= 0.3 is 5.97 Å². The predicted molar refractivity (Wildman–Crippen MR) is 57.0 cm³/mol. The Morgan fingerprint density at radius 3 is 2.43 bits per heavy atom. The normalized spacial score (nSPS) is 29.0. The Morgan fingerprint density at radius 1 is 1.21 bits per heavy atom. The molecule has 1 aliphatic rings. The van der Waals surface area contributed by atoms with Crippen molar-refractivity contribution in [1.82, 2.24) is 0 Å². The Bertz CT molecular complexity index is 177. The molecule has 0 spiro atoms. The molecule has 1 rings (SSSR count). The van der Waals surface area contributed by atoms with Gasteiger partial charge in [0.05, 0.1) is 13.0 Å². The van der Waals surface area contributed by atoms with Crippen molar-refractivity contribution in [2.24, 2.45) is 11.8 Å². The second-order valence-corrected chi connectivity index (χ2v) is 4.29. The predicted octanol–water partition coefficient (Wildman–Crippen LogP) is 3.16. The summed E-state index contributed by atoms with van der Waals surface area (Å²) in [6.45, 7) is 2.18. The summed E-state index contributed by atoms with van der Waals surface area (Å²) in [6, 6.07) is 0. The van der Waals surface area contributed by atoms with E-state index in [0.717, 1.165) is 12.8 Å². The molecule has 2 unspecified atom stereocenters. The Labute approximate surface area is 87.0 Å². The molecular formula is C12H22O2. The minimum absolute atomic E-state index is 0.0127. The lowest BCUT2D eigenvalue weighted by molar-refractivity contribution is -0.148. The van der Waals surface area contributed by atoms with E-state index in [0.29, 0.717) is 5.92 Å². The van der Waals surface area contributed by atoms with Gasteiger partial charge in [0, 0.05) is 0 Å². The fourth-order valence-electron chi connectivity index (χ4n) is 2.51. The number of carbonyl (C=O) groups is 1. The maximum atomic E-state index is 11.6. The van der Waals surface area contributed by atoms with Gasteiger partial charge in [-0.15, -0.1) is 0 Å². The summed E-state index contributed by atoms with van der Waals surface area (Å²) in [5.74, 6) is 0.742. The summed E-state index contributed by atoms with van der Waals surface area (Å²) < 4.78 is 4.88. The van der Waals surface area contributed by atoms with Gasteiger partial charge in [-0.05, 0) is 18.8 Å². The highest BCUT2D eigenvalue weighted by molar-refractivity contribution is 5.72. The number of rotatable bonds is 2. The van der Waals surface area contributed by atoms with E-state index in [4.69, 9.17) is 4.74 Å². The highest BCUT2D eigenvalue weighted by Gasteiger charge is 2.28. The first-order chi connectivity index (χ1) is 6.79. The molecule has 1 aliphatic carbocycles. The molecular weight excluding hydrogens is 176 g/mol. The lowest BCUT2D eigenvalue weighted by Gasteiger charge is -2.26. The van der Waals surface area contributed by atoms with Crippen molar-refractivity contribution in [3.8, 4) is 0 Å². The molecule has 2 nitrogen and oxygen atoms in total. The standard InChI is InChI=1S/C12H22O2/c1-3-10-8-6-4-5-7-9-11(10)12(13)14-2/h10-11H,3-9H2,1-2H3. The molecule has 2 heteroatoms. The summed E-state index contributed by atoms with van der Waals surface area (Å²) in [5.41, 5.74) is 0. The van der Waals surface area contributed by atoms with E-state index in [9.17, 15) is 4.79 Å². The van der Waals surface area contributed by atoms with Crippen molar-refractivity contribution in [1.29, 1.82) is 0 Å². The zero-order valence-corrected chi connectivity index (χ0v) is 9.42. The number of ether oxygens (including phenoxy) is 1. The average molecular weight is 198 g/mol. The first-order valence-corrected chi connectivity index (χ1v) is 5.87. The summed E-state index contributed by atoms with van der Waals surface area (Å²) >= 11 is 0. The van der Waals surface area contributed by atoms with E-state index in [1.54, 1.807) is 0 Å². The molecule has 1 fully saturated rings. The Morgan fingerprint density at radius 2 is 1.86 bits per heavy atom. The Hall–Kier alpha value is -0.530. The molecule has 0 aromatic carbocycles. The van der Waals surface area contributed by atoms with Crippen LogP contribution in [0.3, 0.4) is 0 Å². The van der Waals surface area contributed by atoms with Gasteiger partial charge in [0.15, 0.2) is 0 Å². The zero-order valence-electron chi connectivity index (χ0n) is 9.42. The number of carbonyl (C=O) groups excluding carboxylic acids is 1. The molecule has 0 amide bonds. The van der Waals surface area contributed by atoms with E-state index in [-0.39, 0.29) is 11.9 Å². The van der Waals surface area contributed by atoms with E-state index < -0.39 is 0 Å². The van der Waals surface area contributed by atoms with Gasteiger partial charge in [-0.25, -0.2) is 0 Å². The third-order valence-electron chi connectivity index (χ3n) is 3.44. The maximum absolute atomic E-state index is 11.6. The topological polar surface area (TPSA) is 26.3 Å². The third-order valence-corrected chi connectivity index (χ3v) is 3.44. The zero-order chi connectivity index (χ0) is 10.4. The van der Waals surface area contributed by atoms with Crippen LogP contribution in [0.5, 0.6) is 0 Å². The SMILES string of the molecule is CCC1CCCCCCC1C(=O)OC. The minimum atomic E-state index is 0.0127. The van der Waals surface area contributed by atoms with Crippen molar-refractivity contribution < 1.29 is 9.53 Å². The Kier molecular flexibility index (Phi) is 4.99. The van der Waals surface area contributed by atoms with Crippen LogP contribution in [0.2, 0.25) is 0 Å². The van der Waals surface area contributed by atoms with Gasteiger partial charge in [-0.1, -0.05) is 39.0 Å². The largest absolute Gasteiger partial charge is 0.469 e. The fraction of sp³-hybridized carbons (Fsp3) is 0.917. The van der Waals surface area contributed by atoms with Crippen molar-refractivity contribution in [3.63, 3.8) is 0 Å². The van der Waals surface area contributed by atoms with Gasteiger partial charge in [0.2, 0.25) is 0 Å². The van der Waals surface area contributed by atoms with Crippen molar-refractivity contribution in [2.45, 2.75) is 51.9 Å². The second-order valence-electron chi connectivity index (χ2n) is 4.29. The molecule has 0 radical (unpaired) electrons. The fourth-order valence-corrected chi connectivity index (χ4v) is 2.51. The van der Waals surface area contributed by atoms with Crippen LogP contribution >= 0.6 is 0 Å². The molecule has 0 heterocycles. The van der Waals surface area contributed by atoms with Gasteiger partial charge in [0.1, 0.15) is 0 Å². The monoisotopic (exact) mass is 198 g/mol. The lowest BCUT2D eigenvalue weighted by atomic mass is 9.80. The highest BCUT2D eigenvalue weighted by Crippen LogP contribution is 2.30. The van der Waals surface area contributed by atoms with Gasteiger partial charge in [0.25, 0.3) is 0 Å². The second kappa shape index (κ2) is 6.05. The van der Waals surface area contributed by atoms with E-state index in [1.807, 2.05) is 0 Å². The summed E-state index contributed by atoms with van der Waals surface area (Å²) in [4.78, 5) is 11.6. The van der Waals surface area contributed by atoms with Crippen LogP contribution in [0.4, 0.5) is 0 Å². The van der Waals surface area contributed by atoms with Gasteiger partial charge < -0.3 is 4.74 Å². The Balaban J connectivity index is 2.58. The smallest absolute Gasteiger partial charge is 0.308 e.